The van der Waals surface area contributed by atoms with Gasteiger partial charge in [0.15, 0.2) is 0 Å². The highest BCUT2D eigenvalue weighted by molar-refractivity contribution is 5.42. The summed E-state index contributed by atoms with van der Waals surface area (Å²) < 4.78 is 18.2. The van der Waals surface area contributed by atoms with E-state index in [9.17, 15) is 9.50 Å². The standard InChI is InChI=1S/C17H29FN2O2/c1-3-16(21)13(6-5-7-17(19)22-4-2)12-20-15-10-8-14(18)9-11-15/h8-11,13,16-17,20-21H,3-7,12,19H2,1-2H3/t13?,16-,17?/m0/s1. The van der Waals surface area contributed by atoms with Crippen molar-refractivity contribution in [3.63, 3.8) is 0 Å². The van der Waals surface area contributed by atoms with Crippen LogP contribution in [0.1, 0.15) is 39.5 Å². The molecule has 0 aromatic heterocycles. The van der Waals surface area contributed by atoms with Crippen molar-refractivity contribution in [1.82, 2.24) is 0 Å². The molecule has 0 radical (unpaired) electrons. The van der Waals surface area contributed by atoms with Crippen LogP contribution in [0.25, 0.3) is 0 Å². The summed E-state index contributed by atoms with van der Waals surface area (Å²) in [6, 6.07) is 6.26. The fourth-order valence-electron chi connectivity index (χ4n) is 2.46. The topological polar surface area (TPSA) is 67.5 Å². The Labute approximate surface area is 132 Å². The molecule has 0 aliphatic rings. The van der Waals surface area contributed by atoms with Crippen molar-refractivity contribution in [2.45, 2.75) is 51.9 Å². The summed E-state index contributed by atoms with van der Waals surface area (Å²) in [7, 11) is 0. The maximum atomic E-state index is 12.9. The van der Waals surface area contributed by atoms with Gasteiger partial charge in [-0.2, -0.15) is 0 Å². The average molecular weight is 312 g/mol. The zero-order chi connectivity index (χ0) is 16.4. The molecule has 0 heterocycles. The molecule has 0 spiro atoms. The Morgan fingerprint density at radius 1 is 1.23 bits per heavy atom. The van der Waals surface area contributed by atoms with Gasteiger partial charge in [-0.05, 0) is 56.9 Å². The quantitative estimate of drug-likeness (QED) is 0.549. The predicted molar refractivity (Wildman–Crippen MR) is 88.1 cm³/mol. The average Bonchev–Trinajstić information content (AvgIpc) is 2.51. The zero-order valence-corrected chi connectivity index (χ0v) is 13.6. The lowest BCUT2D eigenvalue weighted by molar-refractivity contribution is 0.0545. The van der Waals surface area contributed by atoms with Gasteiger partial charge in [-0.3, -0.25) is 0 Å². The first-order valence-electron chi connectivity index (χ1n) is 8.11. The van der Waals surface area contributed by atoms with E-state index in [0.29, 0.717) is 19.6 Å². The van der Waals surface area contributed by atoms with E-state index in [0.717, 1.165) is 24.9 Å². The molecule has 2 unspecified atom stereocenters. The van der Waals surface area contributed by atoms with Crippen molar-refractivity contribution in [2.75, 3.05) is 18.5 Å². The van der Waals surface area contributed by atoms with E-state index >= 15 is 0 Å². The first kappa shape index (κ1) is 18.9. The summed E-state index contributed by atoms with van der Waals surface area (Å²) in [6.45, 7) is 5.18. The van der Waals surface area contributed by atoms with Gasteiger partial charge >= 0.3 is 0 Å². The number of aliphatic hydroxyl groups is 1. The van der Waals surface area contributed by atoms with E-state index < -0.39 is 0 Å². The summed E-state index contributed by atoms with van der Waals surface area (Å²) in [4.78, 5) is 0. The molecule has 0 saturated carbocycles. The van der Waals surface area contributed by atoms with E-state index in [1.807, 2.05) is 13.8 Å². The smallest absolute Gasteiger partial charge is 0.123 e. The molecule has 0 fully saturated rings. The number of benzene rings is 1. The Bertz CT molecular complexity index is 400. The second kappa shape index (κ2) is 10.5. The van der Waals surface area contributed by atoms with E-state index in [-0.39, 0.29) is 24.1 Å². The van der Waals surface area contributed by atoms with E-state index in [1.165, 1.54) is 12.1 Å². The van der Waals surface area contributed by atoms with Crippen LogP contribution in [-0.4, -0.2) is 30.6 Å². The molecule has 0 amide bonds. The number of nitrogens with one attached hydrogen (secondary N) is 1. The second-order valence-corrected chi connectivity index (χ2v) is 5.55. The van der Waals surface area contributed by atoms with E-state index in [4.69, 9.17) is 10.5 Å². The van der Waals surface area contributed by atoms with Crippen LogP contribution in [0.3, 0.4) is 0 Å². The van der Waals surface area contributed by atoms with Gasteiger partial charge in [-0.1, -0.05) is 6.92 Å². The van der Waals surface area contributed by atoms with Gasteiger partial charge < -0.3 is 20.9 Å². The van der Waals surface area contributed by atoms with E-state index in [2.05, 4.69) is 5.32 Å². The molecule has 126 valence electrons. The third-order valence-electron chi connectivity index (χ3n) is 3.82. The van der Waals surface area contributed by atoms with Crippen LogP contribution in [0.5, 0.6) is 0 Å². The molecule has 1 aromatic rings. The van der Waals surface area contributed by atoms with Crippen LogP contribution in [0.2, 0.25) is 0 Å². The van der Waals surface area contributed by atoms with Crippen molar-refractivity contribution in [2.24, 2.45) is 11.7 Å². The molecular weight excluding hydrogens is 283 g/mol. The molecule has 0 aliphatic heterocycles. The number of hydrogen-bond donors (Lipinski definition) is 3. The Morgan fingerprint density at radius 2 is 1.91 bits per heavy atom. The molecule has 4 nitrogen and oxygen atoms in total. The van der Waals surface area contributed by atoms with Gasteiger partial charge in [0.25, 0.3) is 0 Å². The molecule has 0 aliphatic carbocycles. The number of nitrogens with two attached hydrogens (primary N) is 1. The summed E-state index contributed by atoms with van der Waals surface area (Å²) in [5.41, 5.74) is 6.68. The summed E-state index contributed by atoms with van der Waals surface area (Å²) in [5, 5.41) is 13.4. The molecule has 1 aromatic carbocycles. The number of ether oxygens (including phenoxy) is 1. The molecule has 1 rings (SSSR count). The number of halogens is 1. The lowest BCUT2D eigenvalue weighted by Gasteiger charge is -2.23. The van der Waals surface area contributed by atoms with Crippen LogP contribution in [0.15, 0.2) is 24.3 Å². The van der Waals surface area contributed by atoms with E-state index in [1.54, 1.807) is 12.1 Å². The lowest BCUT2D eigenvalue weighted by atomic mass is 9.94. The van der Waals surface area contributed by atoms with Gasteiger partial charge in [-0.25, -0.2) is 4.39 Å². The highest BCUT2D eigenvalue weighted by Crippen LogP contribution is 2.18. The maximum Gasteiger partial charge on any atom is 0.123 e. The van der Waals surface area contributed by atoms with Crippen LogP contribution >= 0.6 is 0 Å². The van der Waals surface area contributed by atoms with Crippen LogP contribution in [-0.2, 0) is 4.74 Å². The second-order valence-electron chi connectivity index (χ2n) is 5.55. The van der Waals surface area contributed by atoms with Crippen molar-refractivity contribution >= 4 is 5.69 Å². The molecule has 0 bridgehead atoms. The number of rotatable bonds is 11. The highest BCUT2D eigenvalue weighted by atomic mass is 19.1. The molecule has 0 saturated heterocycles. The Hall–Kier alpha value is -1.17. The molecule has 5 heteroatoms. The molecular formula is C17H29FN2O2. The zero-order valence-electron chi connectivity index (χ0n) is 13.6. The van der Waals surface area contributed by atoms with Gasteiger partial charge in [0, 0.05) is 24.8 Å². The van der Waals surface area contributed by atoms with Crippen LogP contribution in [0, 0.1) is 11.7 Å². The van der Waals surface area contributed by atoms with Gasteiger partial charge in [-0.15, -0.1) is 0 Å². The van der Waals surface area contributed by atoms with Gasteiger partial charge in [0.1, 0.15) is 12.0 Å². The molecule has 22 heavy (non-hydrogen) atoms. The largest absolute Gasteiger partial charge is 0.393 e. The highest BCUT2D eigenvalue weighted by Gasteiger charge is 2.17. The first-order valence-corrected chi connectivity index (χ1v) is 8.11. The van der Waals surface area contributed by atoms with Crippen molar-refractivity contribution in [3.8, 4) is 0 Å². The number of anilines is 1. The number of hydrogen-bond acceptors (Lipinski definition) is 4. The minimum Gasteiger partial charge on any atom is -0.393 e. The minimum atomic E-state index is -0.351. The summed E-state index contributed by atoms with van der Waals surface area (Å²) in [6.07, 6.45) is 2.72. The fourth-order valence-corrected chi connectivity index (χ4v) is 2.46. The molecule has 4 N–H and O–H groups in total. The maximum absolute atomic E-state index is 12.9. The third kappa shape index (κ3) is 7.20. The van der Waals surface area contributed by atoms with Crippen LogP contribution in [0.4, 0.5) is 10.1 Å². The third-order valence-corrected chi connectivity index (χ3v) is 3.82. The minimum absolute atomic E-state index is 0.142. The SMILES string of the molecule is CCOC(N)CCCC(CNc1ccc(F)cc1)[C@@H](O)CC. The number of aliphatic hydroxyl groups excluding tert-OH is 1. The van der Waals surface area contributed by atoms with Crippen LogP contribution < -0.4 is 11.1 Å². The summed E-state index contributed by atoms with van der Waals surface area (Å²) in [5.74, 6) is -0.107. The monoisotopic (exact) mass is 312 g/mol. The lowest BCUT2D eigenvalue weighted by Crippen LogP contribution is -2.28. The Morgan fingerprint density at radius 3 is 2.50 bits per heavy atom. The van der Waals surface area contributed by atoms with Crippen molar-refractivity contribution in [3.05, 3.63) is 30.1 Å². The van der Waals surface area contributed by atoms with Crippen molar-refractivity contribution in [1.29, 1.82) is 0 Å². The molecule has 3 atom stereocenters. The summed E-state index contributed by atoms with van der Waals surface area (Å²) >= 11 is 0. The van der Waals surface area contributed by atoms with Crippen molar-refractivity contribution < 1.29 is 14.2 Å². The fraction of sp³-hybridized carbons (Fsp3) is 0.647. The Kier molecular flexibility index (Phi) is 9.04. The normalized spacial score (nSPS) is 15.3. The van der Waals surface area contributed by atoms with Gasteiger partial charge in [0.05, 0.1) is 6.10 Å². The van der Waals surface area contributed by atoms with Gasteiger partial charge in [0.2, 0.25) is 0 Å². The predicted octanol–water partition coefficient (Wildman–Crippen LogP) is 3.12. The first-order chi connectivity index (χ1) is 10.6. The Balaban J connectivity index is 2.41.